The van der Waals surface area contributed by atoms with Crippen molar-refractivity contribution in [2.75, 3.05) is 6.61 Å². The lowest BCUT2D eigenvalue weighted by molar-refractivity contribution is -0.138. The first-order chi connectivity index (χ1) is 5.20. The number of alkyl halides is 1. The SMILES string of the molecule is O=C(O)C(Cl)COC1CCC1. The Kier molecular flexibility index (Phi) is 3.15. The normalized spacial score (nSPS) is 20.8. The number of aliphatic carboxylic acids is 1. The predicted octanol–water partition coefficient (Wildman–Crippen LogP) is 1.25. The molecule has 1 saturated carbocycles. The first kappa shape index (κ1) is 8.81. The number of rotatable bonds is 4. The van der Waals surface area contributed by atoms with E-state index in [1.807, 2.05) is 0 Å². The summed E-state index contributed by atoms with van der Waals surface area (Å²) in [5.74, 6) is -1.01. The molecule has 0 aromatic rings. The second kappa shape index (κ2) is 3.93. The molecule has 0 amide bonds. The zero-order valence-electron chi connectivity index (χ0n) is 6.12. The van der Waals surface area contributed by atoms with Crippen LogP contribution in [0.5, 0.6) is 0 Å². The van der Waals surface area contributed by atoms with E-state index >= 15 is 0 Å². The molecule has 1 N–H and O–H groups in total. The maximum absolute atomic E-state index is 10.2. The van der Waals surface area contributed by atoms with Crippen LogP contribution in [0.4, 0.5) is 0 Å². The zero-order chi connectivity index (χ0) is 8.27. The Morgan fingerprint density at radius 3 is 2.73 bits per heavy atom. The fourth-order valence-electron chi connectivity index (χ4n) is 0.829. The minimum Gasteiger partial charge on any atom is -0.480 e. The molecule has 11 heavy (non-hydrogen) atoms. The van der Waals surface area contributed by atoms with Gasteiger partial charge in [0.1, 0.15) is 0 Å². The molecule has 0 spiro atoms. The van der Waals surface area contributed by atoms with Gasteiger partial charge in [0, 0.05) is 0 Å². The second-order valence-electron chi connectivity index (χ2n) is 2.69. The minimum absolute atomic E-state index is 0.127. The lowest BCUT2D eigenvalue weighted by atomic mass is 9.96. The van der Waals surface area contributed by atoms with Crippen LogP contribution < -0.4 is 0 Å². The lowest BCUT2D eigenvalue weighted by Gasteiger charge is -2.25. The maximum atomic E-state index is 10.2. The van der Waals surface area contributed by atoms with Gasteiger partial charge in [0.25, 0.3) is 0 Å². The summed E-state index contributed by atoms with van der Waals surface area (Å²) >= 11 is 5.42. The van der Waals surface area contributed by atoms with Crippen molar-refractivity contribution in [2.45, 2.75) is 30.7 Å². The molecule has 0 heterocycles. The van der Waals surface area contributed by atoms with Gasteiger partial charge in [-0.05, 0) is 19.3 Å². The summed E-state index contributed by atoms with van der Waals surface area (Å²) in [5.41, 5.74) is 0. The molecule has 1 aliphatic rings. The predicted molar refractivity (Wildman–Crippen MR) is 40.9 cm³/mol. The van der Waals surface area contributed by atoms with E-state index in [0.29, 0.717) is 0 Å². The van der Waals surface area contributed by atoms with Gasteiger partial charge in [-0.25, -0.2) is 0 Å². The fraction of sp³-hybridized carbons (Fsp3) is 0.857. The highest BCUT2D eigenvalue weighted by Crippen LogP contribution is 2.22. The molecular weight excluding hydrogens is 168 g/mol. The van der Waals surface area contributed by atoms with Gasteiger partial charge in [-0.15, -0.1) is 11.6 Å². The number of ether oxygens (including phenoxy) is 1. The first-order valence-electron chi connectivity index (χ1n) is 3.68. The van der Waals surface area contributed by atoms with Gasteiger partial charge in [0.05, 0.1) is 12.7 Å². The molecule has 1 unspecified atom stereocenters. The molecule has 1 rings (SSSR count). The molecule has 1 aliphatic carbocycles. The Balaban J connectivity index is 2.05. The topological polar surface area (TPSA) is 46.5 Å². The summed E-state index contributed by atoms with van der Waals surface area (Å²) < 4.78 is 5.19. The number of halogens is 1. The van der Waals surface area contributed by atoms with E-state index in [9.17, 15) is 4.79 Å². The van der Waals surface area contributed by atoms with Crippen molar-refractivity contribution < 1.29 is 14.6 Å². The summed E-state index contributed by atoms with van der Waals surface area (Å²) in [7, 11) is 0. The van der Waals surface area contributed by atoms with Crippen LogP contribution in [-0.4, -0.2) is 29.2 Å². The molecule has 64 valence electrons. The van der Waals surface area contributed by atoms with Crippen molar-refractivity contribution in [3.05, 3.63) is 0 Å². The minimum atomic E-state index is -1.01. The first-order valence-corrected chi connectivity index (χ1v) is 4.12. The highest BCUT2D eigenvalue weighted by atomic mass is 35.5. The quantitative estimate of drug-likeness (QED) is 0.659. The molecule has 0 aromatic heterocycles. The molecule has 1 atom stereocenters. The van der Waals surface area contributed by atoms with E-state index in [1.54, 1.807) is 0 Å². The third-order valence-electron chi connectivity index (χ3n) is 1.80. The van der Waals surface area contributed by atoms with E-state index < -0.39 is 11.3 Å². The van der Waals surface area contributed by atoms with Gasteiger partial charge in [-0.2, -0.15) is 0 Å². The number of carbonyl (C=O) groups is 1. The second-order valence-corrected chi connectivity index (χ2v) is 3.22. The summed E-state index contributed by atoms with van der Waals surface area (Å²) in [6.45, 7) is 0.127. The molecule has 0 aliphatic heterocycles. The monoisotopic (exact) mass is 178 g/mol. The van der Waals surface area contributed by atoms with E-state index in [2.05, 4.69) is 0 Å². The van der Waals surface area contributed by atoms with Crippen LogP contribution in [-0.2, 0) is 9.53 Å². The Bertz CT molecular complexity index is 145. The van der Waals surface area contributed by atoms with Crippen molar-refractivity contribution in [1.82, 2.24) is 0 Å². The van der Waals surface area contributed by atoms with Gasteiger partial charge >= 0.3 is 5.97 Å². The molecule has 0 aromatic carbocycles. The number of hydrogen-bond acceptors (Lipinski definition) is 2. The van der Waals surface area contributed by atoms with E-state index in [0.717, 1.165) is 12.8 Å². The smallest absolute Gasteiger partial charge is 0.324 e. The van der Waals surface area contributed by atoms with E-state index in [-0.39, 0.29) is 12.7 Å². The summed E-state index contributed by atoms with van der Waals surface area (Å²) in [5, 5.41) is 7.48. The van der Waals surface area contributed by atoms with E-state index in [1.165, 1.54) is 6.42 Å². The van der Waals surface area contributed by atoms with Crippen LogP contribution >= 0.6 is 11.6 Å². The summed E-state index contributed by atoms with van der Waals surface area (Å²) in [6, 6.07) is 0. The average Bonchev–Trinajstić information content (AvgIpc) is 1.83. The third-order valence-corrected chi connectivity index (χ3v) is 2.11. The molecule has 0 radical (unpaired) electrons. The molecule has 0 bridgehead atoms. The van der Waals surface area contributed by atoms with Crippen LogP contribution in [0.3, 0.4) is 0 Å². The van der Waals surface area contributed by atoms with Crippen LogP contribution in [0.1, 0.15) is 19.3 Å². The third kappa shape index (κ3) is 2.67. The van der Waals surface area contributed by atoms with Gasteiger partial charge < -0.3 is 9.84 Å². The largest absolute Gasteiger partial charge is 0.480 e. The number of hydrogen-bond donors (Lipinski definition) is 1. The zero-order valence-corrected chi connectivity index (χ0v) is 6.88. The number of carboxylic acid groups (broad SMARTS) is 1. The van der Waals surface area contributed by atoms with Crippen LogP contribution in [0, 0.1) is 0 Å². The molecular formula is C7H11ClO3. The highest BCUT2D eigenvalue weighted by molar-refractivity contribution is 6.29. The van der Waals surface area contributed by atoms with E-state index in [4.69, 9.17) is 21.4 Å². The Morgan fingerprint density at radius 1 is 1.73 bits per heavy atom. The Labute approximate surface area is 70.3 Å². The van der Waals surface area contributed by atoms with Gasteiger partial charge in [-0.1, -0.05) is 0 Å². The van der Waals surface area contributed by atoms with Crippen LogP contribution in [0.15, 0.2) is 0 Å². The van der Waals surface area contributed by atoms with Crippen LogP contribution in [0.2, 0.25) is 0 Å². The number of carboxylic acids is 1. The van der Waals surface area contributed by atoms with Crippen molar-refractivity contribution >= 4 is 17.6 Å². The average molecular weight is 179 g/mol. The Hall–Kier alpha value is -0.280. The van der Waals surface area contributed by atoms with Gasteiger partial charge in [-0.3, -0.25) is 4.79 Å². The van der Waals surface area contributed by atoms with Crippen LogP contribution in [0.25, 0.3) is 0 Å². The standard InChI is InChI=1S/C7H11ClO3/c8-6(7(9)10)4-11-5-2-1-3-5/h5-6H,1-4H2,(H,9,10). The van der Waals surface area contributed by atoms with Gasteiger partial charge in [0.15, 0.2) is 5.38 Å². The van der Waals surface area contributed by atoms with Crippen molar-refractivity contribution in [2.24, 2.45) is 0 Å². The summed E-state index contributed by atoms with van der Waals surface area (Å²) in [4.78, 5) is 10.2. The molecule has 0 saturated heterocycles. The van der Waals surface area contributed by atoms with Crippen molar-refractivity contribution in [3.63, 3.8) is 0 Å². The van der Waals surface area contributed by atoms with Gasteiger partial charge in [0.2, 0.25) is 0 Å². The lowest BCUT2D eigenvalue weighted by Crippen LogP contribution is -2.28. The maximum Gasteiger partial charge on any atom is 0.324 e. The Morgan fingerprint density at radius 2 is 2.36 bits per heavy atom. The molecule has 1 fully saturated rings. The summed E-state index contributed by atoms with van der Waals surface area (Å²) in [6.07, 6.45) is 3.53. The highest BCUT2D eigenvalue weighted by Gasteiger charge is 2.21. The molecule has 4 heteroatoms. The fourth-order valence-corrected chi connectivity index (χ4v) is 0.902. The van der Waals surface area contributed by atoms with Crippen molar-refractivity contribution in [3.8, 4) is 0 Å². The van der Waals surface area contributed by atoms with Crippen molar-refractivity contribution in [1.29, 1.82) is 0 Å². The molecule has 3 nitrogen and oxygen atoms in total.